The fourth-order valence-corrected chi connectivity index (χ4v) is 11.5. The number of rotatable bonds is 5. The fraction of sp³-hybridized carbons (Fsp3) is 0.318. The lowest BCUT2D eigenvalue weighted by atomic mass is 9.52. The van der Waals surface area contributed by atoms with E-state index in [1.807, 2.05) is 35.7 Å². The highest BCUT2D eigenvalue weighted by Crippen LogP contribution is 2.67. The second kappa shape index (κ2) is 11.2. The molecule has 5 aromatic carbocycles. The summed E-state index contributed by atoms with van der Waals surface area (Å²) < 4.78 is 13.2. The van der Waals surface area contributed by atoms with E-state index in [-0.39, 0.29) is 16.2 Å². The van der Waals surface area contributed by atoms with Gasteiger partial charge in [0.2, 0.25) is 0 Å². The van der Waals surface area contributed by atoms with Crippen molar-refractivity contribution in [2.75, 3.05) is 19.6 Å². The molecule has 1 aliphatic heterocycles. The molecule has 0 amide bonds. The van der Waals surface area contributed by atoms with Crippen LogP contribution >= 0.6 is 23.5 Å². The van der Waals surface area contributed by atoms with Gasteiger partial charge in [-0.15, -0.1) is 23.5 Å². The molecule has 1 spiro atoms. The minimum atomic E-state index is -0.802. The summed E-state index contributed by atoms with van der Waals surface area (Å²) in [5.41, 5.74) is 8.61. The smallest absolute Gasteiger partial charge is 0.178 e. The lowest BCUT2D eigenvalue weighted by molar-refractivity contribution is 0.0642. The van der Waals surface area contributed by atoms with Gasteiger partial charge in [0, 0.05) is 37.3 Å². The van der Waals surface area contributed by atoms with E-state index in [2.05, 4.69) is 131 Å². The van der Waals surface area contributed by atoms with Crippen LogP contribution in [0.5, 0.6) is 11.5 Å². The normalized spacial score (nSPS) is 21.0. The average molecular weight is 669 g/mol. The van der Waals surface area contributed by atoms with E-state index < -0.39 is 5.60 Å². The van der Waals surface area contributed by atoms with Gasteiger partial charge in [-0.2, -0.15) is 0 Å². The van der Waals surface area contributed by atoms with Crippen LogP contribution in [0.3, 0.4) is 0 Å². The van der Waals surface area contributed by atoms with Gasteiger partial charge < -0.3 is 9.47 Å². The monoisotopic (exact) mass is 668 g/mol. The average Bonchev–Trinajstić information content (AvgIpc) is 3.35. The second-order valence-corrected chi connectivity index (χ2v) is 17.2. The standard InChI is InChI=1S/C44H44O2S2/c1-41(2)25-42(3,4)27-43(26-41)35-16-12-11-15-31(35)38-33-23-36(47-6)37(48-7)24-34(33)40-32(39(38)43)21-22-44(46-40,28-13-9-8-10-14-28)29-17-19-30(45-5)20-18-29/h8-24H,25-27H2,1-7H3. The number of hydrogen-bond donors (Lipinski definition) is 0. The van der Waals surface area contributed by atoms with Gasteiger partial charge in [-0.25, -0.2) is 0 Å². The van der Waals surface area contributed by atoms with E-state index in [4.69, 9.17) is 9.47 Å². The number of fused-ring (bicyclic) bond motifs is 10. The molecule has 2 nitrogen and oxygen atoms in total. The van der Waals surface area contributed by atoms with Crippen molar-refractivity contribution in [1.82, 2.24) is 0 Å². The first-order valence-electron chi connectivity index (χ1n) is 17.0. The van der Waals surface area contributed by atoms with Crippen LogP contribution in [-0.2, 0) is 11.0 Å². The van der Waals surface area contributed by atoms with Gasteiger partial charge in [-0.05, 0) is 101 Å². The third-order valence-corrected chi connectivity index (χ3v) is 12.7. The van der Waals surface area contributed by atoms with E-state index in [0.29, 0.717) is 0 Å². The Morgan fingerprint density at radius 1 is 0.688 bits per heavy atom. The topological polar surface area (TPSA) is 18.5 Å². The van der Waals surface area contributed by atoms with Gasteiger partial charge in [0.1, 0.15) is 11.5 Å². The fourth-order valence-electron chi connectivity index (χ4n) is 9.98. The molecule has 5 aromatic rings. The maximum absolute atomic E-state index is 7.67. The van der Waals surface area contributed by atoms with E-state index in [9.17, 15) is 0 Å². The summed E-state index contributed by atoms with van der Waals surface area (Å²) in [4.78, 5) is 2.60. The number of ether oxygens (including phenoxy) is 2. The maximum Gasteiger partial charge on any atom is 0.178 e. The quantitative estimate of drug-likeness (QED) is 0.173. The van der Waals surface area contributed by atoms with Crippen molar-refractivity contribution in [2.45, 2.75) is 67.8 Å². The van der Waals surface area contributed by atoms with E-state index in [1.54, 1.807) is 7.11 Å². The molecule has 0 bridgehead atoms. The van der Waals surface area contributed by atoms with Crippen molar-refractivity contribution in [2.24, 2.45) is 10.8 Å². The van der Waals surface area contributed by atoms with Gasteiger partial charge in [0.05, 0.1) is 7.11 Å². The van der Waals surface area contributed by atoms with Crippen molar-refractivity contribution in [3.63, 3.8) is 0 Å². The molecule has 8 rings (SSSR count). The molecule has 0 radical (unpaired) electrons. The molecule has 1 saturated carbocycles. The van der Waals surface area contributed by atoms with Crippen LogP contribution in [0.15, 0.2) is 107 Å². The van der Waals surface area contributed by atoms with Crippen LogP contribution < -0.4 is 9.47 Å². The Kier molecular flexibility index (Phi) is 7.40. The molecule has 4 heteroatoms. The number of methoxy groups -OCH3 is 1. The summed E-state index contributed by atoms with van der Waals surface area (Å²) in [6, 6.07) is 33.2. The Bertz CT molecular complexity index is 2080. The first-order chi connectivity index (χ1) is 23.0. The van der Waals surface area contributed by atoms with Crippen LogP contribution in [-0.4, -0.2) is 19.6 Å². The minimum Gasteiger partial charge on any atom is -0.497 e. The molecule has 1 unspecified atom stereocenters. The summed E-state index contributed by atoms with van der Waals surface area (Å²) in [6.45, 7) is 9.93. The third kappa shape index (κ3) is 4.70. The minimum absolute atomic E-state index is 0.117. The molecule has 0 saturated heterocycles. The number of hydrogen-bond acceptors (Lipinski definition) is 4. The predicted octanol–water partition coefficient (Wildman–Crippen LogP) is 12.1. The Morgan fingerprint density at radius 3 is 1.94 bits per heavy atom. The lowest BCUT2D eigenvalue weighted by Gasteiger charge is -2.52. The van der Waals surface area contributed by atoms with E-state index in [0.717, 1.165) is 35.5 Å². The zero-order valence-corrected chi connectivity index (χ0v) is 30.7. The van der Waals surface area contributed by atoms with Crippen molar-refractivity contribution in [1.29, 1.82) is 0 Å². The van der Waals surface area contributed by atoms with Crippen molar-refractivity contribution >= 4 is 40.4 Å². The van der Waals surface area contributed by atoms with Gasteiger partial charge in [-0.3, -0.25) is 0 Å². The first-order valence-corrected chi connectivity index (χ1v) is 19.4. The molecule has 1 atom stereocenters. The van der Waals surface area contributed by atoms with Crippen LogP contribution in [0, 0.1) is 10.8 Å². The Balaban J connectivity index is 1.50. The largest absolute Gasteiger partial charge is 0.497 e. The van der Waals surface area contributed by atoms with Crippen LogP contribution in [0.2, 0.25) is 0 Å². The highest BCUT2D eigenvalue weighted by molar-refractivity contribution is 8.01. The van der Waals surface area contributed by atoms with E-state index >= 15 is 0 Å². The van der Waals surface area contributed by atoms with Crippen LogP contribution in [0.4, 0.5) is 0 Å². The highest BCUT2D eigenvalue weighted by atomic mass is 32.2. The van der Waals surface area contributed by atoms with Crippen molar-refractivity contribution < 1.29 is 9.47 Å². The molecular formula is C44H44O2S2. The predicted molar refractivity (Wildman–Crippen MR) is 205 cm³/mol. The molecule has 48 heavy (non-hydrogen) atoms. The van der Waals surface area contributed by atoms with E-state index in [1.165, 1.54) is 54.8 Å². The van der Waals surface area contributed by atoms with Crippen molar-refractivity contribution in [3.8, 4) is 22.6 Å². The molecule has 0 aromatic heterocycles. The zero-order valence-electron chi connectivity index (χ0n) is 29.1. The maximum atomic E-state index is 7.67. The summed E-state index contributed by atoms with van der Waals surface area (Å²) in [7, 11) is 1.72. The summed E-state index contributed by atoms with van der Waals surface area (Å²) in [5, 5.41) is 2.48. The van der Waals surface area contributed by atoms with Gasteiger partial charge >= 0.3 is 0 Å². The summed E-state index contributed by atoms with van der Waals surface area (Å²) in [5.74, 6) is 1.82. The van der Waals surface area contributed by atoms with Gasteiger partial charge in [0.15, 0.2) is 5.60 Å². The lowest BCUT2D eigenvalue weighted by Crippen LogP contribution is -2.44. The second-order valence-electron chi connectivity index (χ2n) is 15.5. The molecule has 1 fully saturated rings. The number of thioether (sulfide) groups is 2. The Morgan fingerprint density at radius 2 is 1.29 bits per heavy atom. The first kappa shape index (κ1) is 31.7. The molecular weight excluding hydrogens is 625 g/mol. The molecule has 2 aliphatic carbocycles. The molecule has 244 valence electrons. The molecule has 1 heterocycles. The van der Waals surface area contributed by atoms with Crippen LogP contribution in [0.25, 0.3) is 28.0 Å². The third-order valence-electron chi connectivity index (χ3n) is 11.0. The Hall–Kier alpha value is -3.60. The van der Waals surface area contributed by atoms with Crippen molar-refractivity contribution in [3.05, 3.63) is 125 Å². The number of benzene rings is 5. The van der Waals surface area contributed by atoms with Gasteiger partial charge in [0.25, 0.3) is 0 Å². The molecule has 3 aliphatic rings. The summed E-state index contributed by atoms with van der Waals surface area (Å²) in [6.07, 6.45) is 12.6. The summed E-state index contributed by atoms with van der Waals surface area (Å²) >= 11 is 3.65. The van der Waals surface area contributed by atoms with Gasteiger partial charge in [-0.1, -0.05) is 101 Å². The zero-order chi connectivity index (χ0) is 33.5. The van der Waals surface area contributed by atoms with Crippen LogP contribution in [0.1, 0.15) is 74.8 Å². The SMILES string of the molecule is COc1ccc(C2(c3ccccc3)C=Cc3c4c(c5cc(SC)c(SC)cc5c3O2)-c2ccccc2C42CC(C)(C)CC(C)(C)C2)cc1. The highest BCUT2D eigenvalue weighted by Gasteiger charge is 2.55. The molecule has 0 N–H and O–H groups in total. The Labute approximate surface area is 294 Å².